The molecule has 1 aromatic heterocycles. The highest BCUT2D eigenvalue weighted by Gasteiger charge is 2.02. The van der Waals surface area contributed by atoms with Crippen LogP contribution in [-0.4, -0.2) is 31.3 Å². The number of aromatic nitrogens is 1. The summed E-state index contributed by atoms with van der Waals surface area (Å²) in [5, 5.41) is 7.88. The first-order valence-electron chi connectivity index (χ1n) is 6.24. The minimum atomic E-state index is 0.249. The highest BCUT2D eigenvalue weighted by atomic mass is 16.5. The van der Waals surface area contributed by atoms with Crippen LogP contribution in [0.5, 0.6) is 11.5 Å². The number of hydrogen-bond acceptors (Lipinski definition) is 5. The Hall–Kier alpha value is -2.89. The van der Waals surface area contributed by atoms with E-state index in [1.54, 1.807) is 38.8 Å². The number of hydrogen-bond donors (Lipinski definition) is 1. The fourth-order valence-electron chi connectivity index (χ4n) is 1.64. The molecule has 6 heteroatoms. The molecule has 2 aromatic rings. The molecule has 2 N–H and O–H groups in total. The summed E-state index contributed by atoms with van der Waals surface area (Å²) in [5.41, 5.74) is 7.15. The molecule has 0 atom stereocenters. The Balaban J connectivity index is 2.18. The van der Waals surface area contributed by atoms with Crippen LogP contribution < -0.4 is 15.2 Å². The van der Waals surface area contributed by atoms with Gasteiger partial charge in [-0.15, -0.1) is 5.10 Å². The lowest BCUT2D eigenvalue weighted by Crippen LogP contribution is -2.14. The van der Waals surface area contributed by atoms with Gasteiger partial charge in [-0.2, -0.15) is 5.10 Å². The maximum Gasteiger partial charge on any atom is 0.171 e. The van der Waals surface area contributed by atoms with Crippen LogP contribution in [0.1, 0.15) is 11.3 Å². The first-order valence-corrected chi connectivity index (χ1v) is 6.24. The van der Waals surface area contributed by atoms with Gasteiger partial charge in [0, 0.05) is 17.8 Å². The number of ether oxygens (including phenoxy) is 2. The molecule has 0 fully saturated rings. The standard InChI is InChI=1S/C15H16N4O2/c1-20-12-7-6-11(14(9-12)21-2)10-18-19-15(16)13-5-3-4-8-17-13/h3-10H,1-2H3,(H2,16,19)/b18-10+. The predicted molar refractivity (Wildman–Crippen MR) is 82.1 cm³/mol. The second kappa shape index (κ2) is 7.04. The van der Waals surface area contributed by atoms with Crippen LogP contribution in [0.3, 0.4) is 0 Å². The van der Waals surface area contributed by atoms with E-state index >= 15 is 0 Å². The van der Waals surface area contributed by atoms with E-state index < -0.39 is 0 Å². The van der Waals surface area contributed by atoms with Gasteiger partial charge in [0.25, 0.3) is 0 Å². The molecule has 0 bridgehead atoms. The van der Waals surface area contributed by atoms with E-state index in [2.05, 4.69) is 15.2 Å². The monoisotopic (exact) mass is 284 g/mol. The van der Waals surface area contributed by atoms with Crippen molar-refractivity contribution in [1.29, 1.82) is 0 Å². The smallest absolute Gasteiger partial charge is 0.171 e. The molecular formula is C15H16N4O2. The molecule has 1 aromatic carbocycles. The van der Waals surface area contributed by atoms with Gasteiger partial charge >= 0.3 is 0 Å². The van der Waals surface area contributed by atoms with Crippen molar-refractivity contribution in [1.82, 2.24) is 4.98 Å². The van der Waals surface area contributed by atoms with Crippen molar-refractivity contribution < 1.29 is 9.47 Å². The summed E-state index contributed by atoms with van der Waals surface area (Å²) >= 11 is 0. The normalized spacial score (nSPS) is 11.6. The molecule has 0 amide bonds. The lowest BCUT2D eigenvalue weighted by atomic mass is 10.2. The minimum Gasteiger partial charge on any atom is -0.497 e. The van der Waals surface area contributed by atoms with Crippen molar-refractivity contribution in [3.8, 4) is 11.5 Å². The summed E-state index contributed by atoms with van der Waals surface area (Å²) < 4.78 is 10.4. The van der Waals surface area contributed by atoms with E-state index in [9.17, 15) is 0 Å². The van der Waals surface area contributed by atoms with E-state index in [1.807, 2.05) is 24.3 Å². The molecule has 0 radical (unpaired) electrons. The largest absolute Gasteiger partial charge is 0.497 e. The molecular weight excluding hydrogens is 268 g/mol. The van der Waals surface area contributed by atoms with Crippen LogP contribution >= 0.6 is 0 Å². The molecule has 0 saturated heterocycles. The van der Waals surface area contributed by atoms with Crippen molar-refractivity contribution >= 4 is 12.1 Å². The van der Waals surface area contributed by atoms with Gasteiger partial charge in [0.05, 0.1) is 20.4 Å². The third-order valence-electron chi connectivity index (χ3n) is 2.73. The Kier molecular flexibility index (Phi) is 4.87. The average molecular weight is 284 g/mol. The van der Waals surface area contributed by atoms with Crippen LogP contribution in [0.15, 0.2) is 52.8 Å². The predicted octanol–water partition coefficient (Wildman–Crippen LogP) is 1.84. The number of nitrogens with zero attached hydrogens (tertiary/aromatic N) is 3. The average Bonchev–Trinajstić information content (AvgIpc) is 2.55. The summed E-state index contributed by atoms with van der Waals surface area (Å²) in [6.45, 7) is 0. The van der Waals surface area contributed by atoms with Gasteiger partial charge in [0.15, 0.2) is 5.84 Å². The van der Waals surface area contributed by atoms with E-state index in [4.69, 9.17) is 15.2 Å². The molecule has 0 unspecified atom stereocenters. The molecule has 1 heterocycles. The molecule has 0 spiro atoms. The van der Waals surface area contributed by atoms with Gasteiger partial charge in [0.2, 0.25) is 0 Å². The fourth-order valence-corrected chi connectivity index (χ4v) is 1.64. The molecule has 108 valence electrons. The topological polar surface area (TPSA) is 82.1 Å². The first kappa shape index (κ1) is 14.5. The second-order valence-corrected chi connectivity index (χ2v) is 4.05. The van der Waals surface area contributed by atoms with Crippen molar-refractivity contribution in [2.24, 2.45) is 15.9 Å². The van der Waals surface area contributed by atoms with Gasteiger partial charge < -0.3 is 15.2 Å². The highest BCUT2D eigenvalue weighted by molar-refractivity contribution is 5.96. The van der Waals surface area contributed by atoms with E-state index in [1.165, 1.54) is 0 Å². The summed E-state index contributed by atoms with van der Waals surface area (Å²) in [4.78, 5) is 4.09. The quantitative estimate of drug-likeness (QED) is 0.516. The lowest BCUT2D eigenvalue weighted by molar-refractivity contribution is 0.394. The first-order chi connectivity index (χ1) is 10.2. The summed E-state index contributed by atoms with van der Waals surface area (Å²) in [6, 6.07) is 10.8. The maximum absolute atomic E-state index is 5.80. The highest BCUT2D eigenvalue weighted by Crippen LogP contribution is 2.23. The van der Waals surface area contributed by atoms with E-state index in [0.29, 0.717) is 17.2 Å². The molecule has 6 nitrogen and oxygen atoms in total. The molecule has 0 aliphatic heterocycles. The number of nitrogens with two attached hydrogens (primary N) is 1. The van der Waals surface area contributed by atoms with Gasteiger partial charge in [-0.25, -0.2) is 0 Å². The number of rotatable bonds is 5. The Morgan fingerprint density at radius 1 is 1.19 bits per heavy atom. The summed E-state index contributed by atoms with van der Waals surface area (Å²) in [7, 11) is 3.18. The van der Waals surface area contributed by atoms with Crippen LogP contribution in [0.2, 0.25) is 0 Å². The second-order valence-electron chi connectivity index (χ2n) is 4.05. The van der Waals surface area contributed by atoms with Crippen molar-refractivity contribution in [3.63, 3.8) is 0 Å². The zero-order valence-electron chi connectivity index (χ0n) is 11.9. The third-order valence-corrected chi connectivity index (χ3v) is 2.73. The van der Waals surface area contributed by atoms with Crippen LogP contribution in [0, 0.1) is 0 Å². The summed E-state index contributed by atoms with van der Waals surface area (Å²) in [6.07, 6.45) is 3.21. The molecule has 2 rings (SSSR count). The summed E-state index contributed by atoms with van der Waals surface area (Å²) in [5.74, 6) is 1.60. The SMILES string of the molecule is COc1ccc(/C=N/N=C(N)c2ccccn2)c(OC)c1. The zero-order valence-corrected chi connectivity index (χ0v) is 11.9. The Labute approximate surface area is 122 Å². The minimum absolute atomic E-state index is 0.249. The molecule has 0 aliphatic carbocycles. The van der Waals surface area contributed by atoms with Crippen LogP contribution in [-0.2, 0) is 0 Å². The fraction of sp³-hybridized carbons (Fsp3) is 0.133. The van der Waals surface area contributed by atoms with Crippen molar-refractivity contribution in [3.05, 3.63) is 53.9 Å². The van der Waals surface area contributed by atoms with Gasteiger partial charge in [-0.3, -0.25) is 4.98 Å². The van der Waals surface area contributed by atoms with Crippen LogP contribution in [0.25, 0.3) is 0 Å². The third kappa shape index (κ3) is 3.79. The van der Waals surface area contributed by atoms with Gasteiger partial charge in [0.1, 0.15) is 17.2 Å². The van der Waals surface area contributed by atoms with Crippen molar-refractivity contribution in [2.45, 2.75) is 0 Å². The lowest BCUT2D eigenvalue weighted by Gasteiger charge is -2.06. The van der Waals surface area contributed by atoms with Crippen molar-refractivity contribution in [2.75, 3.05) is 14.2 Å². The molecule has 0 saturated carbocycles. The van der Waals surface area contributed by atoms with E-state index in [0.717, 1.165) is 5.56 Å². The maximum atomic E-state index is 5.80. The number of methoxy groups -OCH3 is 2. The number of pyridine rings is 1. The molecule has 0 aliphatic rings. The Morgan fingerprint density at radius 3 is 2.71 bits per heavy atom. The number of amidine groups is 1. The van der Waals surface area contributed by atoms with E-state index in [-0.39, 0.29) is 5.84 Å². The van der Waals surface area contributed by atoms with Gasteiger partial charge in [-0.1, -0.05) is 6.07 Å². The Bertz CT molecular complexity index is 654. The number of benzene rings is 1. The van der Waals surface area contributed by atoms with Gasteiger partial charge in [-0.05, 0) is 24.3 Å². The zero-order chi connectivity index (χ0) is 15.1. The molecule has 21 heavy (non-hydrogen) atoms. The van der Waals surface area contributed by atoms with Crippen LogP contribution in [0.4, 0.5) is 0 Å². The Morgan fingerprint density at radius 2 is 2.05 bits per heavy atom.